The lowest BCUT2D eigenvalue weighted by atomic mass is 10.1. The lowest BCUT2D eigenvalue weighted by Crippen LogP contribution is -2.49. The molecule has 0 aromatic heterocycles. The molecule has 0 bridgehead atoms. The number of amides is 1. The van der Waals surface area contributed by atoms with E-state index in [-0.39, 0.29) is 6.61 Å². The van der Waals surface area contributed by atoms with E-state index in [0.717, 1.165) is 0 Å². The lowest BCUT2D eigenvalue weighted by molar-refractivity contribution is -0.154. The van der Waals surface area contributed by atoms with Crippen LogP contribution >= 0.6 is 0 Å². The average molecular weight is 304 g/mol. The van der Waals surface area contributed by atoms with Crippen LogP contribution in [0.25, 0.3) is 0 Å². The second-order valence-corrected chi connectivity index (χ2v) is 5.70. The second-order valence-electron chi connectivity index (χ2n) is 5.70. The highest BCUT2D eigenvalue weighted by Gasteiger charge is 2.30. The molecule has 124 valence electrons. The molecule has 21 heavy (non-hydrogen) atoms. The van der Waals surface area contributed by atoms with E-state index < -0.39 is 29.8 Å². The molecule has 0 fully saturated rings. The molecule has 2 atom stereocenters. The van der Waals surface area contributed by atoms with Crippen molar-refractivity contribution in [3.63, 3.8) is 0 Å². The summed E-state index contributed by atoms with van der Waals surface area (Å²) in [6, 6.07) is -0.743. The molecule has 0 rings (SSSR count). The van der Waals surface area contributed by atoms with E-state index >= 15 is 0 Å². The summed E-state index contributed by atoms with van der Waals surface area (Å²) in [4.78, 5) is 23.4. The number of hydrogen-bond acceptors (Lipinski definition) is 6. The van der Waals surface area contributed by atoms with Gasteiger partial charge in [0.05, 0.1) is 12.6 Å². The lowest BCUT2D eigenvalue weighted by Gasteiger charge is -2.25. The van der Waals surface area contributed by atoms with Crippen LogP contribution in [0.2, 0.25) is 0 Å². The number of carbonyl (C=O) groups excluding carboxylic acids is 2. The van der Waals surface area contributed by atoms with E-state index in [4.69, 9.17) is 9.47 Å². The highest BCUT2D eigenvalue weighted by Crippen LogP contribution is 2.10. The predicted molar refractivity (Wildman–Crippen MR) is 79.0 cm³/mol. The number of aliphatic hydroxyl groups excluding tert-OH is 1. The Bertz CT molecular complexity index is 328. The van der Waals surface area contributed by atoms with Crippen molar-refractivity contribution in [1.82, 2.24) is 10.6 Å². The molecule has 0 heterocycles. The van der Waals surface area contributed by atoms with Gasteiger partial charge in [0.1, 0.15) is 5.60 Å². The van der Waals surface area contributed by atoms with E-state index in [1.165, 1.54) is 0 Å². The van der Waals surface area contributed by atoms with Gasteiger partial charge in [-0.3, -0.25) is 0 Å². The zero-order valence-electron chi connectivity index (χ0n) is 13.6. The second kappa shape index (κ2) is 9.57. The molecular weight excluding hydrogens is 276 g/mol. The summed E-state index contributed by atoms with van der Waals surface area (Å²) in [5.41, 5.74) is -0.644. The monoisotopic (exact) mass is 304 g/mol. The number of nitrogens with one attached hydrogen (secondary N) is 2. The quantitative estimate of drug-likeness (QED) is 0.453. The number of carbonyl (C=O) groups is 2. The smallest absolute Gasteiger partial charge is 0.407 e. The Morgan fingerprint density at radius 2 is 1.90 bits per heavy atom. The third-order valence-electron chi connectivity index (χ3n) is 2.55. The first-order valence-corrected chi connectivity index (χ1v) is 7.20. The Labute approximate surface area is 126 Å². The van der Waals surface area contributed by atoms with Crippen molar-refractivity contribution in [3.05, 3.63) is 0 Å². The molecule has 0 spiro atoms. The van der Waals surface area contributed by atoms with Gasteiger partial charge >= 0.3 is 12.1 Å². The van der Waals surface area contributed by atoms with E-state index in [0.29, 0.717) is 19.4 Å². The van der Waals surface area contributed by atoms with E-state index in [1.54, 1.807) is 34.7 Å². The maximum atomic E-state index is 11.8. The van der Waals surface area contributed by atoms with Gasteiger partial charge in [-0.15, -0.1) is 0 Å². The number of alkyl carbamates (subject to hydrolysis) is 1. The SMILES string of the molecule is CCOC(=O)C(O)C(CCCNC)NC(=O)OC(C)(C)C. The zero-order valence-corrected chi connectivity index (χ0v) is 13.6. The first kappa shape index (κ1) is 19.7. The predicted octanol–water partition coefficient (Wildman–Crippen LogP) is 0.803. The molecule has 2 unspecified atom stereocenters. The number of esters is 1. The van der Waals surface area contributed by atoms with Crippen molar-refractivity contribution in [2.75, 3.05) is 20.2 Å². The standard InChI is InChI=1S/C14H28N2O5/c1-6-20-12(18)11(17)10(8-7-9-15-5)16-13(19)21-14(2,3)4/h10-11,15,17H,6-9H2,1-5H3,(H,16,19). The Morgan fingerprint density at radius 3 is 2.38 bits per heavy atom. The van der Waals surface area contributed by atoms with Crippen molar-refractivity contribution in [2.24, 2.45) is 0 Å². The number of hydrogen-bond donors (Lipinski definition) is 3. The molecule has 0 aromatic carbocycles. The number of aliphatic hydroxyl groups is 1. The molecule has 1 amide bonds. The van der Waals surface area contributed by atoms with Crippen molar-refractivity contribution in [2.45, 2.75) is 58.3 Å². The summed E-state index contributed by atoms with van der Waals surface area (Å²) < 4.78 is 9.91. The maximum absolute atomic E-state index is 11.8. The van der Waals surface area contributed by atoms with Crippen LogP contribution in [-0.4, -0.2) is 55.1 Å². The van der Waals surface area contributed by atoms with Crippen LogP contribution in [0.3, 0.4) is 0 Å². The molecule has 3 N–H and O–H groups in total. The van der Waals surface area contributed by atoms with E-state index in [2.05, 4.69) is 10.6 Å². The van der Waals surface area contributed by atoms with Crippen LogP contribution in [0.1, 0.15) is 40.5 Å². The Balaban J connectivity index is 4.64. The maximum Gasteiger partial charge on any atom is 0.407 e. The summed E-state index contributed by atoms with van der Waals surface area (Å²) in [6.07, 6.45) is -0.956. The average Bonchev–Trinajstić information content (AvgIpc) is 2.35. The normalized spacial score (nSPS) is 14.2. The van der Waals surface area contributed by atoms with Gasteiger partial charge in [0, 0.05) is 0 Å². The largest absolute Gasteiger partial charge is 0.464 e. The van der Waals surface area contributed by atoms with Gasteiger partial charge in [-0.2, -0.15) is 0 Å². The summed E-state index contributed by atoms with van der Waals surface area (Å²) in [5, 5.41) is 15.5. The Morgan fingerprint density at radius 1 is 1.29 bits per heavy atom. The minimum atomic E-state index is -1.41. The van der Waals surface area contributed by atoms with Crippen LogP contribution in [0.5, 0.6) is 0 Å². The fraction of sp³-hybridized carbons (Fsp3) is 0.857. The third kappa shape index (κ3) is 9.25. The molecule has 7 heteroatoms. The van der Waals surface area contributed by atoms with E-state index in [9.17, 15) is 14.7 Å². The van der Waals surface area contributed by atoms with Crippen molar-refractivity contribution in [1.29, 1.82) is 0 Å². The first-order chi connectivity index (χ1) is 9.71. The van der Waals surface area contributed by atoms with Crippen molar-refractivity contribution in [3.8, 4) is 0 Å². The molecule has 0 radical (unpaired) electrons. The molecule has 7 nitrogen and oxygen atoms in total. The van der Waals surface area contributed by atoms with Crippen LogP contribution in [0.4, 0.5) is 4.79 Å². The highest BCUT2D eigenvalue weighted by atomic mass is 16.6. The van der Waals surface area contributed by atoms with Gasteiger partial charge in [0.25, 0.3) is 0 Å². The summed E-state index contributed by atoms with van der Waals surface area (Å²) in [7, 11) is 1.80. The molecule has 0 aliphatic rings. The number of ether oxygens (including phenoxy) is 2. The molecule has 0 saturated carbocycles. The van der Waals surface area contributed by atoms with E-state index in [1.807, 2.05) is 0 Å². The van der Waals surface area contributed by atoms with Gasteiger partial charge in [0.15, 0.2) is 6.10 Å². The van der Waals surface area contributed by atoms with Gasteiger partial charge in [0.2, 0.25) is 0 Å². The fourth-order valence-electron chi connectivity index (χ4n) is 1.66. The number of rotatable bonds is 8. The third-order valence-corrected chi connectivity index (χ3v) is 2.55. The van der Waals surface area contributed by atoms with Crippen LogP contribution in [-0.2, 0) is 14.3 Å². The molecule has 0 aliphatic carbocycles. The Hall–Kier alpha value is -1.34. The van der Waals surface area contributed by atoms with Gasteiger partial charge in [-0.1, -0.05) is 0 Å². The molecule has 0 aliphatic heterocycles. The van der Waals surface area contributed by atoms with Crippen molar-refractivity contribution < 1.29 is 24.2 Å². The Kier molecular flexibility index (Phi) is 8.96. The first-order valence-electron chi connectivity index (χ1n) is 7.20. The zero-order chi connectivity index (χ0) is 16.5. The van der Waals surface area contributed by atoms with Crippen molar-refractivity contribution >= 4 is 12.1 Å². The molecular formula is C14H28N2O5. The minimum absolute atomic E-state index is 0.172. The topological polar surface area (TPSA) is 96.9 Å². The highest BCUT2D eigenvalue weighted by molar-refractivity contribution is 5.77. The van der Waals surface area contributed by atoms with Crippen LogP contribution < -0.4 is 10.6 Å². The summed E-state index contributed by atoms with van der Waals surface area (Å²) >= 11 is 0. The van der Waals surface area contributed by atoms with Gasteiger partial charge < -0.3 is 25.2 Å². The molecule has 0 aromatic rings. The minimum Gasteiger partial charge on any atom is -0.464 e. The van der Waals surface area contributed by atoms with Crippen LogP contribution in [0.15, 0.2) is 0 Å². The summed E-state index contributed by atoms with van der Waals surface area (Å²) in [5.74, 6) is -0.747. The molecule has 0 saturated heterocycles. The summed E-state index contributed by atoms with van der Waals surface area (Å²) in [6.45, 7) is 7.76. The fourth-order valence-corrected chi connectivity index (χ4v) is 1.66. The van der Waals surface area contributed by atoms with Gasteiger partial charge in [-0.25, -0.2) is 9.59 Å². The van der Waals surface area contributed by atoms with Gasteiger partial charge in [-0.05, 0) is 54.1 Å². The van der Waals surface area contributed by atoms with Crippen LogP contribution in [0, 0.1) is 0 Å².